The zero-order valence-electron chi connectivity index (χ0n) is 14.5. The Morgan fingerprint density at radius 1 is 1.20 bits per heavy atom. The minimum Gasteiger partial charge on any atom is -0.481 e. The molecule has 2 amide bonds. The van der Waals surface area contributed by atoms with Crippen LogP contribution in [0.25, 0.3) is 0 Å². The minimum atomic E-state index is -0.850. The summed E-state index contributed by atoms with van der Waals surface area (Å²) in [6, 6.07) is 7.47. The summed E-state index contributed by atoms with van der Waals surface area (Å²) in [5, 5.41) is 9.21. The molecule has 0 bridgehead atoms. The molecule has 2 aliphatic heterocycles. The molecular formula is C19H24N2O4. The number of amides is 2. The Morgan fingerprint density at radius 2 is 1.92 bits per heavy atom. The Hall–Kier alpha value is -2.37. The van der Waals surface area contributed by atoms with Crippen molar-refractivity contribution in [1.82, 2.24) is 9.80 Å². The van der Waals surface area contributed by atoms with Gasteiger partial charge in [-0.3, -0.25) is 14.4 Å². The van der Waals surface area contributed by atoms with Gasteiger partial charge in [0.1, 0.15) is 6.04 Å². The van der Waals surface area contributed by atoms with Gasteiger partial charge in [0.25, 0.3) is 0 Å². The molecule has 2 fully saturated rings. The van der Waals surface area contributed by atoms with Crippen molar-refractivity contribution in [1.29, 1.82) is 0 Å². The Morgan fingerprint density at radius 3 is 2.60 bits per heavy atom. The monoisotopic (exact) mass is 344 g/mol. The van der Waals surface area contributed by atoms with Crippen LogP contribution in [0.5, 0.6) is 0 Å². The van der Waals surface area contributed by atoms with E-state index in [2.05, 4.69) is 0 Å². The van der Waals surface area contributed by atoms with Crippen molar-refractivity contribution in [2.24, 2.45) is 5.92 Å². The van der Waals surface area contributed by atoms with Crippen LogP contribution in [0.1, 0.15) is 36.8 Å². The fraction of sp³-hybridized carbons (Fsp3) is 0.526. The maximum absolute atomic E-state index is 12.9. The summed E-state index contributed by atoms with van der Waals surface area (Å²) >= 11 is 0. The van der Waals surface area contributed by atoms with Crippen LogP contribution in [0.3, 0.4) is 0 Å². The maximum Gasteiger partial charge on any atom is 0.308 e. The average molecular weight is 344 g/mol. The highest BCUT2D eigenvalue weighted by molar-refractivity contribution is 5.91. The summed E-state index contributed by atoms with van der Waals surface area (Å²) in [4.78, 5) is 39.7. The molecule has 1 N–H and O–H groups in total. The van der Waals surface area contributed by atoms with Crippen molar-refractivity contribution < 1.29 is 19.5 Å². The molecule has 25 heavy (non-hydrogen) atoms. The first-order valence-electron chi connectivity index (χ1n) is 8.82. The van der Waals surface area contributed by atoms with E-state index in [0.717, 1.165) is 11.1 Å². The summed E-state index contributed by atoms with van der Waals surface area (Å²) in [6.07, 6.45) is 2.19. The van der Waals surface area contributed by atoms with Crippen LogP contribution in [0.2, 0.25) is 0 Å². The summed E-state index contributed by atoms with van der Waals surface area (Å²) < 4.78 is 0. The highest BCUT2D eigenvalue weighted by Gasteiger charge is 2.39. The number of aryl methyl sites for hydroxylation is 1. The van der Waals surface area contributed by atoms with E-state index in [4.69, 9.17) is 0 Å². The van der Waals surface area contributed by atoms with Gasteiger partial charge in [0.05, 0.1) is 5.92 Å². The Kier molecular flexibility index (Phi) is 5.06. The molecule has 0 saturated carbocycles. The molecule has 1 aromatic rings. The van der Waals surface area contributed by atoms with Crippen LogP contribution in [-0.2, 0) is 20.9 Å². The molecule has 2 aliphatic rings. The third kappa shape index (κ3) is 3.83. The maximum atomic E-state index is 12.9. The molecule has 2 atom stereocenters. The van der Waals surface area contributed by atoms with E-state index >= 15 is 0 Å². The van der Waals surface area contributed by atoms with E-state index in [1.54, 1.807) is 9.80 Å². The summed E-state index contributed by atoms with van der Waals surface area (Å²) in [6.45, 7) is 3.25. The highest BCUT2D eigenvalue weighted by Crippen LogP contribution is 2.26. The van der Waals surface area contributed by atoms with Crippen molar-refractivity contribution in [3.8, 4) is 0 Å². The Balaban J connectivity index is 1.71. The van der Waals surface area contributed by atoms with Gasteiger partial charge in [-0.2, -0.15) is 0 Å². The van der Waals surface area contributed by atoms with Crippen LogP contribution in [0, 0.1) is 12.8 Å². The number of aliphatic carboxylic acids is 1. The predicted molar refractivity (Wildman–Crippen MR) is 91.7 cm³/mol. The molecule has 2 saturated heterocycles. The number of hydrogen-bond donors (Lipinski definition) is 1. The number of carbonyl (C=O) groups excluding carboxylic acids is 2. The number of carboxylic acids is 1. The third-order valence-corrected chi connectivity index (χ3v) is 5.17. The van der Waals surface area contributed by atoms with Gasteiger partial charge >= 0.3 is 5.97 Å². The van der Waals surface area contributed by atoms with E-state index < -0.39 is 17.9 Å². The smallest absolute Gasteiger partial charge is 0.308 e. The number of nitrogens with zero attached hydrogens (tertiary/aromatic N) is 2. The first-order valence-corrected chi connectivity index (χ1v) is 8.82. The lowest BCUT2D eigenvalue weighted by Gasteiger charge is -2.35. The molecule has 0 aliphatic carbocycles. The molecule has 0 spiro atoms. The number of hydrogen-bond acceptors (Lipinski definition) is 3. The van der Waals surface area contributed by atoms with Gasteiger partial charge in [-0.1, -0.05) is 29.8 Å². The summed E-state index contributed by atoms with van der Waals surface area (Å²) in [7, 11) is 0. The first kappa shape index (κ1) is 17.5. The number of rotatable bonds is 4. The van der Waals surface area contributed by atoms with Gasteiger partial charge in [-0.05, 0) is 31.7 Å². The average Bonchev–Trinajstić information content (AvgIpc) is 2.97. The largest absolute Gasteiger partial charge is 0.481 e. The lowest BCUT2D eigenvalue weighted by molar-refractivity contribution is -0.148. The molecule has 6 heteroatoms. The lowest BCUT2D eigenvalue weighted by atomic mass is 9.97. The SMILES string of the molecule is Cc1ccc(CN2C(=O)CCC2C(=O)N2CCC[C@H](C(=O)O)C2)cc1. The van der Waals surface area contributed by atoms with Crippen molar-refractivity contribution in [3.05, 3.63) is 35.4 Å². The Bertz CT molecular complexity index is 671. The van der Waals surface area contributed by atoms with Gasteiger partial charge < -0.3 is 14.9 Å². The van der Waals surface area contributed by atoms with Crippen LogP contribution < -0.4 is 0 Å². The van der Waals surface area contributed by atoms with E-state index in [1.807, 2.05) is 31.2 Å². The predicted octanol–water partition coefficient (Wildman–Crippen LogP) is 1.81. The Labute approximate surface area is 147 Å². The zero-order chi connectivity index (χ0) is 18.0. The van der Waals surface area contributed by atoms with Gasteiger partial charge in [-0.15, -0.1) is 0 Å². The third-order valence-electron chi connectivity index (χ3n) is 5.17. The molecule has 2 heterocycles. The normalized spacial score (nSPS) is 23.8. The molecule has 6 nitrogen and oxygen atoms in total. The first-order chi connectivity index (χ1) is 12.0. The van der Waals surface area contributed by atoms with Crippen LogP contribution in [0.15, 0.2) is 24.3 Å². The standard InChI is InChI=1S/C19H24N2O4/c1-13-4-6-14(7-5-13)11-21-16(8-9-17(21)22)18(23)20-10-2-3-15(12-20)19(24)25/h4-7,15-16H,2-3,8-12H2,1H3,(H,24,25)/t15-,16?/m0/s1. The fourth-order valence-corrected chi connectivity index (χ4v) is 3.67. The van der Waals surface area contributed by atoms with Crippen molar-refractivity contribution in [3.63, 3.8) is 0 Å². The quantitative estimate of drug-likeness (QED) is 0.904. The van der Waals surface area contributed by atoms with Crippen LogP contribution in [0.4, 0.5) is 0 Å². The fourth-order valence-electron chi connectivity index (χ4n) is 3.67. The minimum absolute atomic E-state index is 0.00859. The topological polar surface area (TPSA) is 77.9 Å². The van der Waals surface area contributed by atoms with E-state index in [1.165, 1.54) is 0 Å². The molecule has 1 unspecified atom stereocenters. The number of carboxylic acid groups (broad SMARTS) is 1. The molecular weight excluding hydrogens is 320 g/mol. The number of piperidine rings is 1. The van der Waals surface area contributed by atoms with Crippen molar-refractivity contribution in [2.45, 2.75) is 45.2 Å². The second-order valence-electron chi connectivity index (χ2n) is 7.02. The summed E-state index contributed by atoms with van der Waals surface area (Å²) in [5.41, 5.74) is 2.15. The van der Waals surface area contributed by atoms with E-state index in [9.17, 15) is 19.5 Å². The molecule has 0 radical (unpaired) electrons. The lowest BCUT2D eigenvalue weighted by Crippen LogP contribution is -2.50. The van der Waals surface area contributed by atoms with E-state index in [-0.39, 0.29) is 18.4 Å². The van der Waals surface area contributed by atoms with E-state index in [0.29, 0.717) is 38.8 Å². The van der Waals surface area contributed by atoms with Gasteiger partial charge in [0.2, 0.25) is 11.8 Å². The molecule has 1 aromatic carbocycles. The molecule has 3 rings (SSSR count). The number of benzene rings is 1. The zero-order valence-corrected chi connectivity index (χ0v) is 14.5. The second-order valence-corrected chi connectivity index (χ2v) is 7.02. The van der Waals surface area contributed by atoms with Crippen molar-refractivity contribution >= 4 is 17.8 Å². The van der Waals surface area contributed by atoms with Gasteiger partial charge in [0, 0.05) is 26.1 Å². The number of carbonyl (C=O) groups is 3. The molecule has 134 valence electrons. The molecule has 0 aromatic heterocycles. The second kappa shape index (κ2) is 7.25. The van der Waals surface area contributed by atoms with Crippen molar-refractivity contribution in [2.75, 3.05) is 13.1 Å². The van der Waals surface area contributed by atoms with Crippen LogP contribution >= 0.6 is 0 Å². The van der Waals surface area contributed by atoms with Gasteiger partial charge in [0.15, 0.2) is 0 Å². The number of likely N-dealkylation sites (tertiary alicyclic amines) is 2. The summed E-state index contributed by atoms with van der Waals surface area (Å²) in [5.74, 6) is -1.47. The van der Waals surface area contributed by atoms with Gasteiger partial charge in [-0.25, -0.2) is 0 Å². The highest BCUT2D eigenvalue weighted by atomic mass is 16.4. The van der Waals surface area contributed by atoms with Crippen LogP contribution in [-0.4, -0.2) is 51.8 Å².